The first-order chi connectivity index (χ1) is 15.4. The maximum Gasteiger partial charge on any atom is 0.269 e. The summed E-state index contributed by atoms with van der Waals surface area (Å²) < 4.78 is 32.7. The molecule has 1 atom stereocenters. The summed E-state index contributed by atoms with van der Waals surface area (Å²) in [7, 11) is -3.90. The fraction of sp³-hybridized carbons (Fsp3) is 0.348. The zero-order valence-electron chi connectivity index (χ0n) is 17.2. The van der Waals surface area contributed by atoms with E-state index in [1.54, 1.807) is 11.0 Å². The topological polar surface area (TPSA) is 101 Å². The van der Waals surface area contributed by atoms with Crippen LogP contribution >= 0.6 is 0 Å². The summed E-state index contributed by atoms with van der Waals surface area (Å²) >= 11 is 0. The van der Waals surface area contributed by atoms with Gasteiger partial charge in [-0.05, 0) is 56.0 Å². The second kappa shape index (κ2) is 6.90. The third-order valence-electron chi connectivity index (χ3n) is 6.44. The number of para-hydroxylation sites is 2. The lowest BCUT2D eigenvalue weighted by atomic mass is 9.97. The molecule has 0 radical (unpaired) electrons. The van der Waals surface area contributed by atoms with Crippen LogP contribution in [0, 0.1) is 0 Å². The number of nitrogens with zero attached hydrogens (tertiary/aromatic N) is 3. The van der Waals surface area contributed by atoms with Gasteiger partial charge in [0.05, 0.1) is 11.5 Å². The number of rotatable bonds is 3. The van der Waals surface area contributed by atoms with Crippen LogP contribution in [0.5, 0.6) is 0 Å². The summed E-state index contributed by atoms with van der Waals surface area (Å²) in [6, 6.07) is 11.7. The molecule has 0 spiro atoms. The van der Waals surface area contributed by atoms with E-state index in [9.17, 15) is 18.0 Å². The van der Waals surface area contributed by atoms with Crippen molar-refractivity contribution >= 4 is 32.9 Å². The van der Waals surface area contributed by atoms with Gasteiger partial charge in [-0.25, -0.2) is 17.7 Å². The maximum absolute atomic E-state index is 13.3. The Bertz CT molecular complexity index is 1340. The SMILES string of the molecule is O=C(c1ccc2c(c1)S(=O)(=O)N(C1CC1)C2=O)N1CCCC(c2nc3ccccc3o2)C1. The van der Waals surface area contributed by atoms with E-state index in [4.69, 9.17) is 4.42 Å². The van der Waals surface area contributed by atoms with E-state index < -0.39 is 15.9 Å². The molecule has 2 fully saturated rings. The maximum atomic E-state index is 13.3. The van der Waals surface area contributed by atoms with Crippen LogP contribution in [0.4, 0.5) is 0 Å². The number of carbonyl (C=O) groups excluding carboxylic acids is 2. The number of oxazole rings is 1. The summed E-state index contributed by atoms with van der Waals surface area (Å²) in [6.45, 7) is 1.02. The number of sulfonamides is 1. The standard InChI is InChI=1S/C23H21N3O5S/c27-22(14-7-10-17-20(12-14)32(29,30)26(23(17)28)16-8-9-16)25-11-3-4-15(13-25)21-24-18-5-1-2-6-19(18)31-21/h1-2,5-7,10,12,15-16H,3-4,8-9,11,13H2. The first-order valence-electron chi connectivity index (χ1n) is 10.8. The fourth-order valence-electron chi connectivity index (χ4n) is 4.66. The van der Waals surface area contributed by atoms with E-state index in [-0.39, 0.29) is 33.9 Å². The molecule has 1 saturated carbocycles. The highest BCUT2D eigenvalue weighted by molar-refractivity contribution is 7.90. The number of fused-ring (bicyclic) bond motifs is 2. The molecule has 9 heteroatoms. The highest BCUT2D eigenvalue weighted by Gasteiger charge is 2.49. The lowest BCUT2D eigenvalue weighted by molar-refractivity contribution is 0.0698. The highest BCUT2D eigenvalue weighted by Crippen LogP contribution is 2.40. The van der Waals surface area contributed by atoms with Gasteiger partial charge in [-0.2, -0.15) is 0 Å². The Morgan fingerprint density at radius 1 is 1.09 bits per heavy atom. The van der Waals surface area contributed by atoms with Crippen LogP contribution in [0.15, 0.2) is 51.8 Å². The van der Waals surface area contributed by atoms with Gasteiger partial charge in [0.1, 0.15) is 10.4 Å². The van der Waals surface area contributed by atoms with E-state index in [1.807, 2.05) is 24.3 Å². The van der Waals surface area contributed by atoms with Crippen molar-refractivity contribution in [3.05, 3.63) is 59.5 Å². The monoisotopic (exact) mass is 451 g/mol. The van der Waals surface area contributed by atoms with E-state index >= 15 is 0 Å². The Balaban J connectivity index is 1.27. The first kappa shape index (κ1) is 19.5. The summed E-state index contributed by atoms with van der Waals surface area (Å²) in [5, 5.41) is 0. The van der Waals surface area contributed by atoms with Gasteiger partial charge in [0, 0.05) is 24.7 Å². The summed E-state index contributed by atoms with van der Waals surface area (Å²) in [5.41, 5.74) is 1.94. The van der Waals surface area contributed by atoms with E-state index in [1.165, 1.54) is 12.1 Å². The van der Waals surface area contributed by atoms with Gasteiger partial charge in [0.15, 0.2) is 11.5 Å². The Kier molecular flexibility index (Phi) is 4.20. The smallest absolute Gasteiger partial charge is 0.269 e. The van der Waals surface area contributed by atoms with Gasteiger partial charge < -0.3 is 9.32 Å². The van der Waals surface area contributed by atoms with Crippen molar-refractivity contribution in [2.24, 2.45) is 0 Å². The first-order valence-corrected chi connectivity index (χ1v) is 12.2. The van der Waals surface area contributed by atoms with Gasteiger partial charge in [-0.15, -0.1) is 0 Å². The summed E-state index contributed by atoms with van der Waals surface area (Å²) in [4.78, 5) is 32.1. The Morgan fingerprint density at radius 2 is 1.91 bits per heavy atom. The summed E-state index contributed by atoms with van der Waals surface area (Å²) in [5.74, 6) is -0.146. The van der Waals surface area contributed by atoms with Crippen molar-refractivity contribution in [3.63, 3.8) is 0 Å². The molecule has 3 aliphatic rings. The molecule has 2 aliphatic heterocycles. The lowest BCUT2D eigenvalue weighted by Gasteiger charge is -2.31. The molecular formula is C23H21N3O5S. The highest BCUT2D eigenvalue weighted by atomic mass is 32.2. The van der Waals surface area contributed by atoms with Crippen molar-refractivity contribution in [1.82, 2.24) is 14.2 Å². The molecule has 1 unspecified atom stereocenters. The number of hydrogen-bond donors (Lipinski definition) is 0. The van der Waals surface area contributed by atoms with E-state index in [0.717, 1.165) is 28.2 Å². The minimum absolute atomic E-state index is 0.0230. The molecule has 1 aliphatic carbocycles. The normalized spacial score (nSPS) is 22.4. The minimum Gasteiger partial charge on any atom is -0.440 e. The predicted octanol–water partition coefficient (Wildman–Crippen LogP) is 3.15. The zero-order valence-corrected chi connectivity index (χ0v) is 18.0. The number of aromatic nitrogens is 1. The van der Waals surface area contributed by atoms with E-state index in [0.29, 0.717) is 31.8 Å². The van der Waals surface area contributed by atoms with Crippen LogP contribution in [0.3, 0.4) is 0 Å². The molecule has 6 rings (SSSR count). The van der Waals surface area contributed by atoms with Crippen molar-refractivity contribution in [3.8, 4) is 0 Å². The molecule has 3 heterocycles. The molecule has 1 saturated heterocycles. The molecule has 0 bridgehead atoms. The number of amides is 2. The Labute approximate surface area is 184 Å². The van der Waals surface area contributed by atoms with Gasteiger partial charge >= 0.3 is 0 Å². The quantitative estimate of drug-likeness (QED) is 0.606. The largest absolute Gasteiger partial charge is 0.440 e. The lowest BCUT2D eigenvalue weighted by Crippen LogP contribution is -2.39. The third-order valence-corrected chi connectivity index (χ3v) is 8.32. The predicted molar refractivity (Wildman–Crippen MR) is 115 cm³/mol. The molecule has 2 aromatic carbocycles. The van der Waals surface area contributed by atoms with Crippen LogP contribution in [0.2, 0.25) is 0 Å². The minimum atomic E-state index is -3.90. The molecule has 164 valence electrons. The number of carbonyl (C=O) groups is 2. The van der Waals surface area contributed by atoms with Crippen molar-refractivity contribution in [2.75, 3.05) is 13.1 Å². The van der Waals surface area contributed by atoms with Crippen molar-refractivity contribution in [1.29, 1.82) is 0 Å². The Morgan fingerprint density at radius 3 is 2.69 bits per heavy atom. The van der Waals surface area contributed by atoms with Gasteiger partial charge in [0.25, 0.3) is 21.8 Å². The van der Waals surface area contributed by atoms with Crippen LogP contribution < -0.4 is 0 Å². The number of hydrogen-bond acceptors (Lipinski definition) is 6. The van der Waals surface area contributed by atoms with Gasteiger partial charge in [0.2, 0.25) is 0 Å². The van der Waals surface area contributed by atoms with Gasteiger partial charge in [-0.1, -0.05) is 12.1 Å². The van der Waals surface area contributed by atoms with E-state index in [2.05, 4.69) is 4.98 Å². The van der Waals surface area contributed by atoms with Crippen LogP contribution in [-0.4, -0.2) is 53.6 Å². The number of piperidine rings is 1. The number of benzene rings is 2. The van der Waals surface area contributed by atoms with Gasteiger partial charge in [-0.3, -0.25) is 9.59 Å². The molecule has 32 heavy (non-hydrogen) atoms. The average Bonchev–Trinajstić information content (AvgIpc) is 3.49. The van der Waals surface area contributed by atoms with Crippen molar-refractivity contribution in [2.45, 2.75) is 42.5 Å². The van der Waals surface area contributed by atoms with Crippen LogP contribution in [-0.2, 0) is 10.0 Å². The molecule has 8 nitrogen and oxygen atoms in total. The second-order valence-electron chi connectivity index (χ2n) is 8.66. The molecule has 0 N–H and O–H groups in total. The van der Waals surface area contributed by atoms with Crippen LogP contribution in [0.25, 0.3) is 11.1 Å². The molecule has 1 aromatic heterocycles. The molecule has 2 amide bonds. The van der Waals surface area contributed by atoms with Crippen molar-refractivity contribution < 1.29 is 22.4 Å². The average molecular weight is 452 g/mol. The molecular weight excluding hydrogens is 430 g/mol. The molecule has 3 aromatic rings. The number of likely N-dealkylation sites (tertiary alicyclic amines) is 1. The zero-order chi connectivity index (χ0) is 22.0. The fourth-order valence-corrected chi connectivity index (χ4v) is 6.50. The second-order valence-corrected chi connectivity index (χ2v) is 10.4. The summed E-state index contributed by atoms with van der Waals surface area (Å²) in [6.07, 6.45) is 3.04. The third kappa shape index (κ3) is 2.95. The Hall–Kier alpha value is -3.20. The van der Waals surface area contributed by atoms with Crippen LogP contribution in [0.1, 0.15) is 58.2 Å².